The minimum Gasteiger partial charge on any atom is -0.392 e. The third-order valence-corrected chi connectivity index (χ3v) is 3.10. The van der Waals surface area contributed by atoms with E-state index in [-0.39, 0.29) is 6.10 Å². The van der Waals surface area contributed by atoms with Crippen molar-refractivity contribution in [3.8, 4) is 12.3 Å². The average Bonchev–Trinajstić information content (AvgIpc) is 2.89. The molecule has 0 saturated carbocycles. The maximum absolute atomic E-state index is 9.37. The summed E-state index contributed by atoms with van der Waals surface area (Å²) in [7, 11) is 0. The second-order valence-corrected chi connectivity index (χ2v) is 4.84. The number of nitrogens with zero attached hydrogens (tertiary/aromatic N) is 1. The van der Waals surface area contributed by atoms with Gasteiger partial charge in [-0.1, -0.05) is 5.92 Å². The first-order chi connectivity index (χ1) is 10.3. The fourth-order valence-corrected chi connectivity index (χ4v) is 2.00. The number of aliphatic hydroxyl groups is 1. The van der Waals surface area contributed by atoms with E-state index in [1.54, 1.807) is 0 Å². The molecule has 1 fully saturated rings. The highest BCUT2D eigenvalue weighted by Crippen LogP contribution is 2.07. The summed E-state index contributed by atoms with van der Waals surface area (Å²) < 4.78 is 21.2. The number of aliphatic hydroxyl groups excluding tert-OH is 1. The summed E-state index contributed by atoms with van der Waals surface area (Å²) >= 11 is 0. The van der Waals surface area contributed by atoms with E-state index < -0.39 is 0 Å². The maximum Gasteiger partial charge on any atom is 0.107 e. The van der Waals surface area contributed by atoms with Gasteiger partial charge in [-0.05, 0) is 6.42 Å². The van der Waals surface area contributed by atoms with E-state index in [1.807, 2.05) is 0 Å². The Morgan fingerprint density at radius 1 is 0.952 bits per heavy atom. The molecule has 1 heterocycles. The molecule has 6 heteroatoms. The molecule has 1 aliphatic rings. The summed E-state index contributed by atoms with van der Waals surface area (Å²) in [6.45, 7) is 6.90. The molecule has 0 amide bonds. The molecule has 1 aliphatic heterocycles. The molecule has 1 N–H and O–H groups in total. The van der Waals surface area contributed by atoms with Gasteiger partial charge < -0.3 is 24.1 Å². The van der Waals surface area contributed by atoms with Crippen molar-refractivity contribution in [2.24, 2.45) is 0 Å². The van der Waals surface area contributed by atoms with E-state index in [2.05, 4.69) is 10.8 Å². The Kier molecular flexibility index (Phi) is 11.4. The Bertz CT molecular complexity index is 282. The van der Waals surface area contributed by atoms with Crippen LogP contribution in [0.25, 0.3) is 0 Å². The number of β-amino-alcohol motifs (C(OH)–C–C–N with tert-alkyl or cyclic N) is 1. The summed E-state index contributed by atoms with van der Waals surface area (Å²) in [6, 6.07) is 0. The van der Waals surface area contributed by atoms with Gasteiger partial charge in [0.2, 0.25) is 0 Å². The van der Waals surface area contributed by atoms with Gasteiger partial charge in [-0.2, -0.15) is 0 Å². The van der Waals surface area contributed by atoms with Crippen molar-refractivity contribution in [1.29, 1.82) is 0 Å². The monoisotopic (exact) mass is 301 g/mol. The molecule has 1 rings (SSSR count). The molecule has 0 radical (unpaired) electrons. The topological polar surface area (TPSA) is 60.4 Å². The first-order valence-corrected chi connectivity index (χ1v) is 7.48. The van der Waals surface area contributed by atoms with Crippen LogP contribution in [0.4, 0.5) is 0 Å². The largest absolute Gasteiger partial charge is 0.392 e. The lowest BCUT2D eigenvalue weighted by atomic mass is 10.3. The van der Waals surface area contributed by atoms with Crippen LogP contribution in [0.15, 0.2) is 0 Å². The van der Waals surface area contributed by atoms with E-state index in [1.165, 1.54) is 0 Å². The van der Waals surface area contributed by atoms with Crippen LogP contribution < -0.4 is 0 Å². The van der Waals surface area contributed by atoms with Gasteiger partial charge >= 0.3 is 0 Å². The number of ether oxygens (including phenoxy) is 4. The van der Waals surface area contributed by atoms with Gasteiger partial charge in [-0.3, -0.25) is 4.90 Å². The standard InChI is InChI=1S/C15H27NO5/c1-2-6-18-8-10-20-12-13-21-11-9-19-7-5-16-4-3-15(17)14-16/h1,15,17H,3-14H2/t15-/m0/s1. The smallest absolute Gasteiger partial charge is 0.107 e. The van der Waals surface area contributed by atoms with Crippen molar-refractivity contribution in [3.63, 3.8) is 0 Å². The average molecular weight is 301 g/mol. The fourth-order valence-electron chi connectivity index (χ4n) is 2.00. The quantitative estimate of drug-likeness (QED) is 0.374. The predicted molar refractivity (Wildman–Crippen MR) is 79.2 cm³/mol. The van der Waals surface area contributed by atoms with Gasteiger partial charge in [0.15, 0.2) is 0 Å². The second-order valence-electron chi connectivity index (χ2n) is 4.84. The van der Waals surface area contributed by atoms with E-state index in [9.17, 15) is 5.11 Å². The van der Waals surface area contributed by atoms with E-state index in [4.69, 9.17) is 25.4 Å². The highest BCUT2D eigenvalue weighted by molar-refractivity contribution is 4.82. The molecule has 0 aromatic rings. The van der Waals surface area contributed by atoms with Crippen molar-refractivity contribution in [3.05, 3.63) is 0 Å². The molecule has 122 valence electrons. The van der Waals surface area contributed by atoms with Crippen LogP contribution in [0.1, 0.15) is 6.42 Å². The molecular formula is C15H27NO5. The van der Waals surface area contributed by atoms with Gasteiger partial charge in [0.1, 0.15) is 6.61 Å². The number of terminal acetylenes is 1. The Balaban J connectivity index is 1.70. The highest BCUT2D eigenvalue weighted by Gasteiger charge is 2.19. The summed E-state index contributed by atoms with van der Waals surface area (Å²) in [5, 5.41) is 9.37. The molecule has 6 nitrogen and oxygen atoms in total. The molecule has 0 bridgehead atoms. The molecule has 21 heavy (non-hydrogen) atoms. The summed E-state index contributed by atoms with van der Waals surface area (Å²) in [5.41, 5.74) is 0. The zero-order valence-electron chi connectivity index (χ0n) is 12.7. The molecule has 1 saturated heterocycles. The van der Waals surface area contributed by atoms with Crippen LogP contribution in [0.5, 0.6) is 0 Å². The van der Waals surface area contributed by atoms with Crippen molar-refractivity contribution in [1.82, 2.24) is 4.90 Å². The van der Waals surface area contributed by atoms with Crippen molar-refractivity contribution < 1.29 is 24.1 Å². The van der Waals surface area contributed by atoms with Gasteiger partial charge in [0.05, 0.1) is 52.4 Å². The molecule has 0 aliphatic carbocycles. The third-order valence-electron chi connectivity index (χ3n) is 3.10. The first kappa shape index (κ1) is 18.4. The van der Waals surface area contributed by atoms with Crippen LogP contribution in [-0.2, 0) is 18.9 Å². The van der Waals surface area contributed by atoms with Crippen molar-refractivity contribution in [2.75, 3.05) is 72.5 Å². The van der Waals surface area contributed by atoms with Gasteiger partial charge in [0, 0.05) is 19.6 Å². The van der Waals surface area contributed by atoms with E-state index >= 15 is 0 Å². The fraction of sp³-hybridized carbons (Fsp3) is 0.867. The summed E-state index contributed by atoms with van der Waals surface area (Å²) in [4.78, 5) is 2.21. The second kappa shape index (κ2) is 13.0. The van der Waals surface area contributed by atoms with Gasteiger partial charge in [-0.15, -0.1) is 6.42 Å². The molecule has 0 unspecified atom stereocenters. The lowest BCUT2D eigenvalue weighted by molar-refractivity contribution is -0.000755. The number of likely N-dealkylation sites (tertiary alicyclic amines) is 1. The molecule has 0 spiro atoms. The first-order valence-electron chi connectivity index (χ1n) is 7.48. The maximum atomic E-state index is 9.37. The molecule has 0 aromatic heterocycles. The molecular weight excluding hydrogens is 274 g/mol. The van der Waals surface area contributed by atoms with Crippen LogP contribution >= 0.6 is 0 Å². The zero-order valence-corrected chi connectivity index (χ0v) is 12.7. The van der Waals surface area contributed by atoms with Crippen molar-refractivity contribution >= 4 is 0 Å². The van der Waals surface area contributed by atoms with Gasteiger partial charge in [0.25, 0.3) is 0 Å². The number of rotatable bonds is 13. The summed E-state index contributed by atoms with van der Waals surface area (Å²) in [5.74, 6) is 2.39. The molecule has 1 atom stereocenters. The van der Waals surface area contributed by atoms with Crippen LogP contribution in [0.2, 0.25) is 0 Å². The van der Waals surface area contributed by atoms with E-state index in [0.29, 0.717) is 52.9 Å². The summed E-state index contributed by atoms with van der Waals surface area (Å²) in [6.07, 6.45) is 5.75. The Labute approximate surface area is 127 Å². The molecule has 0 aromatic carbocycles. The van der Waals surface area contributed by atoms with Crippen molar-refractivity contribution in [2.45, 2.75) is 12.5 Å². The zero-order chi connectivity index (χ0) is 15.2. The number of hydrogen-bond acceptors (Lipinski definition) is 6. The minimum absolute atomic E-state index is 0.162. The third kappa shape index (κ3) is 10.7. The predicted octanol–water partition coefficient (Wildman–Crippen LogP) is -0.247. The van der Waals surface area contributed by atoms with Crippen LogP contribution in [0, 0.1) is 12.3 Å². The normalized spacial score (nSPS) is 19.0. The van der Waals surface area contributed by atoms with Crippen LogP contribution in [0.3, 0.4) is 0 Å². The minimum atomic E-state index is -0.162. The Hall–Kier alpha value is -0.680. The Morgan fingerprint density at radius 3 is 2.05 bits per heavy atom. The van der Waals surface area contributed by atoms with E-state index in [0.717, 1.165) is 26.1 Å². The lowest BCUT2D eigenvalue weighted by Gasteiger charge is -2.14. The lowest BCUT2D eigenvalue weighted by Crippen LogP contribution is -2.26. The van der Waals surface area contributed by atoms with Gasteiger partial charge in [-0.25, -0.2) is 0 Å². The SMILES string of the molecule is C#CCOCCOCCOCCOCCN1CC[C@H](O)C1. The van der Waals surface area contributed by atoms with Crippen LogP contribution in [-0.4, -0.2) is 88.6 Å². The highest BCUT2D eigenvalue weighted by atomic mass is 16.6. The number of hydrogen-bond donors (Lipinski definition) is 1. The Morgan fingerprint density at radius 2 is 1.52 bits per heavy atom.